The van der Waals surface area contributed by atoms with Gasteiger partial charge in [0.05, 0.1) is 35.8 Å². The second-order valence-corrected chi connectivity index (χ2v) is 12.4. The zero-order chi connectivity index (χ0) is 29.1. The van der Waals surface area contributed by atoms with Gasteiger partial charge in [-0.3, -0.25) is 4.40 Å². The molecule has 1 aliphatic rings. The molecule has 0 saturated carbocycles. The molecular weight excluding hydrogens is 510 g/mol. The number of aryl methyl sites for hydroxylation is 1. The van der Waals surface area contributed by atoms with Crippen molar-refractivity contribution in [2.45, 2.75) is 66.0 Å². The molecule has 1 fully saturated rings. The van der Waals surface area contributed by atoms with Gasteiger partial charge in [0.15, 0.2) is 0 Å². The molecule has 214 valence electrons. The monoisotopic (exact) mass is 551 g/mol. The van der Waals surface area contributed by atoms with Crippen LogP contribution in [0.25, 0.3) is 17.0 Å². The van der Waals surface area contributed by atoms with Crippen LogP contribution < -0.4 is 5.32 Å². The fourth-order valence-electron chi connectivity index (χ4n) is 5.88. The lowest BCUT2D eigenvalue weighted by Crippen LogP contribution is -2.40. The molecule has 3 aromatic heterocycles. The third-order valence-electron chi connectivity index (χ3n) is 8.05. The smallest absolute Gasteiger partial charge is 0.223 e. The minimum Gasteiger partial charge on any atom is -0.388 e. The van der Waals surface area contributed by atoms with Crippen LogP contribution in [0.4, 0.5) is 5.95 Å². The summed E-state index contributed by atoms with van der Waals surface area (Å²) >= 11 is 0. The van der Waals surface area contributed by atoms with Gasteiger partial charge in [0.2, 0.25) is 5.95 Å². The third kappa shape index (κ3) is 6.42. The van der Waals surface area contributed by atoms with E-state index in [1.165, 1.54) is 0 Å². The first-order valence-electron chi connectivity index (χ1n) is 14.7. The molecule has 2 atom stereocenters. The van der Waals surface area contributed by atoms with Crippen molar-refractivity contribution in [1.29, 1.82) is 5.26 Å². The third-order valence-corrected chi connectivity index (χ3v) is 8.05. The van der Waals surface area contributed by atoms with Crippen molar-refractivity contribution in [3.63, 3.8) is 0 Å². The summed E-state index contributed by atoms with van der Waals surface area (Å²) in [6.07, 6.45) is 7.72. The van der Waals surface area contributed by atoms with E-state index in [-0.39, 0.29) is 12.0 Å². The van der Waals surface area contributed by atoms with E-state index in [2.05, 4.69) is 79.1 Å². The topological polar surface area (TPSA) is 102 Å². The highest BCUT2D eigenvalue weighted by molar-refractivity contribution is 5.68. The highest BCUT2D eigenvalue weighted by Crippen LogP contribution is 2.33. The summed E-state index contributed by atoms with van der Waals surface area (Å²) in [7, 11) is 0. The summed E-state index contributed by atoms with van der Waals surface area (Å²) in [5.74, 6) is 0.727. The Morgan fingerprint density at radius 3 is 2.44 bits per heavy atom. The molecule has 1 aliphatic heterocycles. The number of likely N-dealkylation sites (tertiary alicyclic amines) is 1. The van der Waals surface area contributed by atoms with Crippen LogP contribution in [0, 0.1) is 22.7 Å². The number of benzene rings is 1. The molecular formula is C33H41N7O. The molecule has 41 heavy (non-hydrogen) atoms. The Bertz CT molecular complexity index is 1520. The first kappa shape index (κ1) is 28.7. The molecule has 2 N–H and O–H groups in total. The number of pyridine rings is 1. The molecule has 8 nitrogen and oxygen atoms in total. The summed E-state index contributed by atoms with van der Waals surface area (Å²) in [5, 5.41) is 24.3. The Balaban J connectivity index is 1.27. The van der Waals surface area contributed by atoms with Gasteiger partial charge >= 0.3 is 0 Å². The summed E-state index contributed by atoms with van der Waals surface area (Å²) in [6.45, 7) is 14.2. The van der Waals surface area contributed by atoms with Crippen LogP contribution in [-0.4, -0.2) is 49.0 Å². The van der Waals surface area contributed by atoms with E-state index in [1.54, 1.807) is 12.4 Å². The zero-order valence-corrected chi connectivity index (χ0v) is 24.8. The molecule has 0 spiro atoms. The maximum atomic E-state index is 11.1. The largest absolute Gasteiger partial charge is 0.388 e. The fourth-order valence-corrected chi connectivity index (χ4v) is 5.88. The maximum Gasteiger partial charge on any atom is 0.223 e. The van der Waals surface area contributed by atoms with Crippen LogP contribution in [0.15, 0.2) is 55.0 Å². The van der Waals surface area contributed by atoms with E-state index >= 15 is 0 Å². The van der Waals surface area contributed by atoms with Crippen LogP contribution >= 0.6 is 0 Å². The molecule has 0 amide bonds. The minimum absolute atomic E-state index is 0.0727. The second kappa shape index (κ2) is 12.0. The Morgan fingerprint density at radius 1 is 1.07 bits per heavy atom. The van der Waals surface area contributed by atoms with E-state index in [1.807, 2.05) is 28.8 Å². The molecule has 8 heteroatoms. The zero-order valence-electron chi connectivity index (χ0n) is 24.8. The van der Waals surface area contributed by atoms with Crippen molar-refractivity contribution in [3.8, 4) is 17.5 Å². The molecule has 4 heterocycles. The van der Waals surface area contributed by atoms with E-state index in [4.69, 9.17) is 4.98 Å². The molecule has 5 rings (SSSR count). The lowest BCUT2D eigenvalue weighted by molar-refractivity contribution is 0.0492. The van der Waals surface area contributed by atoms with Gasteiger partial charge in [-0.25, -0.2) is 15.0 Å². The summed E-state index contributed by atoms with van der Waals surface area (Å²) in [6, 6.07) is 14.4. The van der Waals surface area contributed by atoms with E-state index in [0.29, 0.717) is 22.6 Å². The number of hydrogen-bond donors (Lipinski definition) is 2. The van der Waals surface area contributed by atoms with Gasteiger partial charge in [0.25, 0.3) is 0 Å². The molecule has 1 aromatic carbocycles. The van der Waals surface area contributed by atoms with E-state index < -0.39 is 6.10 Å². The van der Waals surface area contributed by atoms with Crippen molar-refractivity contribution in [2.75, 3.05) is 25.0 Å². The second-order valence-electron chi connectivity index (χ2n) is 12.4. The van der Waals surface area contributed by atoms with Gasteiger partial charge in [0.1, 0.15) is 17.4 Å². The summed E-state index contributed by atoms with van der Waals surface area (Å²) < 4.78 is 1.98. The van der Waals surface area contributed by atoms with Crippen molar-refractivity contribution in [3.05, 3.63) is 77.2 Å². The van der Waals surface area contributed by atoms with Gasteiger partial charge in [-0.05, 0) is 73.4 Å². The number of imidazole rings is 1. The molecule has 1 unspecified atom stereocenters. The Labute approximate surface area is 243 Å². The highest BCUT2D eigenvalue weighted by Gasteiger charge is 2.28. The first-order valence-corrected chi connectivity index (χ1v) is 14.7. The number of nitriles is 1. The van der Waals surface area contributed by atoms with Crippen molar-refractivity contribution in [2.24, 2.45) is 11.3 Å². The van der Waals surface area contributed by atoms with E-state index in [9.17, 15) is 10.4 Å². The average Bonchev–Trinajstić information content (AvgIpc) is 3.41. The van der Waals surface area contributed by atoms with Crippen molar-refractivity contribution >= 4 is 11.6 Å². The molecule has 1 saturated heterocycles. The van der Waals surface area contributed by atoms with Gasteiger partial charge in [-0.1, -0.05) is 58.0 Å². The predicted molar refractivity (Wildman–Crippen MR) is 162 cm³/mol. The minimum atomic E-state index is -0.452. The van der Waals surface area contributed by atoms with Crippen molar-refractivity contribution in [1.82, 2.24) is 24.3 Å². The van der Waals surface area contributed by atoms with Crippen LogP contribution in [0.3, 0.4) is 0 Å². The number of fused-ring (bicyclic) bond motifs is 1. The SMILES string of the molecule is CCc1cccn2c(-c3nc(N[C@@H](C)c4ccc(C(O)C5CCN(CC(C)(C)C)CC5)cc4)ncc3C#N)cnc12. The number of piperidine rings is 1. The normalized spacial score (nSPS) is 16.4. The van der Waals surface area contributed by atoms with E-state index in [0.717, 1.165) is 66.9 Å². The number of rotatable bonds is 8. The number of nitrogens with zero attached hydrogens (tertiary/aromatic N) is 6. The van der Waals surface area contributed by atoms with Gasteiger partial charge in [-0.2, -0.15) is 5.26 Å². The van der Waals surface area contributed by atoms with Gasteiger partial charge in [-0.15, -0.1) is 0 Å². The highest BCUT2D eigenvalue weighted by atomic mass is 16.3. The lowest BCUT2D eigenvalue weighted by atomic mass is 9.86. The Morgan fingerprint density at radius 2 is 1.78 bits per heavy atom. The Hall–Kier alpha value is -3.80. The van der Waals surface area contributed by atoms with Gasteiger partial charge < -0.3 is 15.3 Å². The quantitative estimate of drug-likeness (QED) is 0.269. The predicted octanol–water partition coefficient (Wildman–Crippen LogP) is 6.19. The Kier molecular flexibility index (Phi) is 8.39. The van der Waals surface area contributed by atoms with Crippen LogP contribution in [0.1, 0.15) is 81.9 Å². The standard InChI is InChI=1S/C33H41N7O/c1-6-23-8-7-15-40-28(20-35-31(23)40)29-27(18-34)19-36-32(38-29)37-22(2)24-9-11-25(12-10-24)30(41)26-13-16-39(17-14-26)21-33(3,4)5/h7-12,15,19-20,22,26,30,41H,6,13-14,16-17,21H2,1-5H3,(H,36,37,38)/t22-,30?/m0/s1. The number of nitrogens with one attached hydrogen (secondary N) is 1. The van der Waals surface area contributed by atoms with Crippen molar-refractivity contribution < 1.29 is 5.11 Å². The number of aliphatic hydroxyl groups is 1. The number of hydrogen-bond acceptors (Lipinski definition) is 7. The van der Waals surface area contributed by atoms with Crippen LogP contribution in [-0.2, 0) is 6.42 Å². The number of aliphatic hydroxyl groups excluding tert-OH is 1. The number of aromatic nitrogens is 4. The number of anilines is 1. The van der Waals surface area contributed by atoms with Gasteiger partial charge in [0, 0.05) is 12.7 Å². The molecule has 0 aliphatic carbocycles. The average molecular weight is 552 g/mol. The molecule has 0 radical (unpaired) electrons. The summed E-state index contributed by atoms with van der Waals surface area (Å²) in [5.41, 5.74) is 6.03. The maximum absolute atomic E-state index is 11.1. The first-order chi connectivity index (χ1) is 19.7. The fraction of sp³-hybridized carbons (Fsp3) is 0.455. The van der Waals surface area contributed by atoms with Crippen LogP contribution in [0.2, 0.25) is 0 Å². The van der Waals surface area contributed by atoms with Crippen LogP contribution in [0.5, 0.6) is 0 Å². The summed E-state index contributed by atoms with van der Waals surface area (Å²) in [4.78, 5) is 16.3. The molecule has 0 bridgehead atoms. The lowest BCUT2D eigenvalue weighted by Gasteiger charge is -2.37. The molecule has 4 aromatic rings.